The van der Waals surface area contributed by atoms with Gasteiger partial charge in [-0.15, -0.1) is 0 Å². The van der Waals surface area contributed by atoms with E-state index in [0.29, 0.717) is 16.9 Å². The average Bonchev–Trinajstić information content (AvgIpc) is 2.38. The lowest BCUT2D eigenvalue weighted by Crippen LogP contribution is -2.02. The fourth-order valence-corrected chi connectivity index (χ4v) is 1.99. The number of halogens is 3. The lowest BCUT2D eigenvalue weighted by molar-refractivity contribution is 0.189. The first-order chi connectivity index (χ1) is 9.47. The Labute approximate surface area is 120 Å². The van der Waals surface area contributed by atoms with Crippen LogP contribution in [0.2, 0.25) is 5.02 Å². The molecule has 0 aliphatic rings. The fraction of sp³-hybridized carbons (Fsp3) is 0.200. The molecule has 0 aromatic heterocycles. The summed E-state index contributed by atoms with van der Waals surface area (Å²) < 4.78 is 31.6. The Morgan fingerprint density at radius 2 is 1.80 bits per heavy atom. The molecule has 0 heterocycles. The molecule has 0 unspecified atom stereocenters. The summed E-state index contributed by atoms with van der Waals surface area (Å²) in [6, 6.07) is 7.89. The van der Waals surface area contributed by atoms with Gasteiger partial charge in [-0.3, -0.25) is 0 Å². The van der Waals surface area contributed by atoms with E-state index in [-0.39, 0.29) is 11.6 Å². The maximum atomic E-state index is 13.1. The summed E-state index contributed by atoms with van der Waals surface area (Å²) in [4.78, 5) is 0. The third-order valence-corrected chi connectivity index (χ3v) is 3.17. The van der Waals surface area contributed by atoms with Gasteiger partial charge in [0.1, 0.15) is 24.0 Å². The Bertz CT molecular complexity index is 615. The van der Waals surface area contributed by atoms with Crippen LogP contribution in [0.1, 0.15) is 24.2 Å². The first-order valence-electron chi connectivity index (χ1n) is 6.01. The van der Waals surface area contributed by atoms with E-state index in [4.69, 9.17) is 16.3 Å². The van der Waals surface area contributed by atoms with Gasteiger partial charge in [-0.1, -0.05) is 17.7 Å². The Balaban J connectivity index is 2.18. The van der Waals surface area contributed by atoms with Crippen molar-refractivity contribution >= 4 is 11.6 Å². The van der Waals surface area contributed by atoms with Crippen LogP contribution in [0, 0.1) is 11.6 Å². The molecule has 1 atom stereocenters. The monoisotopic (exact) mass is 298 g/mol. The van der Waals surface area contributed by atoms with Gasteiger partial charge >= 0.3 is 0 Å². The molecular formula is C15H13ClF2O2. The highest BCUT2D eigenvalue weighted by Crippen LogP contribution is 2.27. The minimum Gasteiger partial charge on any atom is -0.488 e. The van der Waals surface area contributed by atoms with Crippen LogP contribution in [0.25, 0.3) is 0 Å². The van der Waals surface area contributed by atoms with E-state index < -0.39 is 17.7 Å². The van der Waals surface area contributed by atoms with Crippen molar-refractivity contribution in [3.63, 3.8) is 0 Å². The second-order valence-corrected chi connectivity index (χ2v) is 4.79. The van der Waals surface area contributed by atoms with Crippen LogP contribution < -0.4 is 4.74 Å². The highest BCUT2D eigenvalue weighted by Gasteiger charge is 2.11. The summed E-state index contributed by atoms with van der Waals surface area (Å²) in [6.07, 6.45) is -0.857. The molecule has 2 aromatic carbocycles. The van der Waals surface area contributed by atoms with Crippen molar-refractivity contribution in [2.24, 2.45) is 0 Å². The third kappa shape index (κ3) is 3.46. The minimum absolute atomic E-state index is 0.102. The number of hydrogen-bond acceptors (Lipinski definition) is 2. The summed E-state index contributed by atoms with van der Waals surface area (Å²) in [5.74, 6) is -0.514. The molecule has 0 aliphatic heterocycles. The van der Waals surface area contributed by atoms with Crippen molar-refractivity contribution in [2.75, 3.05) is 0 Å². The van der Waals surface area contributed by atoms with Gasteiger partial charge in [-0.05, 0) is 37.3 Å². The molecule has 0 fully saturated rings. The van der Waals surface area contributed by atoms with E-state index in [0.717, 1.165) is 0 Å². The summed E-state index contributed by atoms with van der Waals surface area (Å²) in [7, 11) is 0. The van der Waals surface area contributed by atoms with E-state index in [2.05, 4.69) is 0 Å². The Hall–Kier alpha value is -1.65. The minimum atomic E-state index is -0.857. The first kappa shape index (κ1) is 14.8. The molecule has 2 rings (SSSR count). The zero-order valence-electron chi connectivity index (χ0n) is 10.7. The molecule has 0 saturated carbocycles. The van der Waals surface area contributed by atoms with Crippen molar-refractivity contribution in [3.8, 4) is 5.75 Å². The second kappa shape index (κ2) is 6.20. The van der Waals surface area contributed by atoms with Crippen LogP contribution in [0.4, 0.5) is 8.78 Å². The topological polar surface area (TPSA) is 29.5 Å². The zero-order valence-corrected chi connectivity index (χ0v) is 11.5. The van der Waals surface area contributed by atoms with Crippen molar-refractivity contribution in [1.29, 1.82) is 0 Å². The van der Waals surface area contributed by atoms with Crippen LogP contribution in [-0.4, -0.2) is 5.11 Å². The summed E-state index contributed by atoms with van der Waals surface area (Å²) in [5.41, 5.74) is 0.956. The zero-order chi connectivity index (χ0) is 14.7. The van der Waals surface area contributed by atoms with Crippen molar-refractivity contribution in [2.45, 2.75) is 19.6 Å². The molecular weight excluding hydrogens is 286 g/mol. The van der Waals surface area contributed by atoms with E-state index >= 15 is 0 Å². The molecule has 0 aliphatic carbocycles. The standard InChI is InChI=1S/C15H13ClF2O2/c1-9(19)13-6-11(17)4-5-15(13)20-8-10-2-3-12(18)7-14(10)16/h2-7,9,19H,8H2,1H3/t9-/m0/s1. The third-order valence-electron chi connectivity index (χ3n) is 2.82. The molecule has 2 aromatic rings. The van der Waals surface area contributed by atoms with Crippen LogP contribution >= 0.6 is 11.6 Å². The summed E-state index contributed by atoms with van der Waals surface area (Å²) in [6.45, 7) is 1.62. The molecule has 5 heteroatoms. The normalized spacial score (nSPS) is 12.2. The Kier molecular flexibility index (Phi) is 4.57. The van der Waals surface area contributed by atoms with Crippen LogP contribution in [0.5, 0.6) is 5.75 Å². The van der Waals surface area contributed by atoms with Crippen LogP contribution in [0.15, 0.2) is 36.4 Å². The van der Waals surface area contributed by atoms with E-state index in [1.165, 1.54) is 43.3 Å². The van der Waals surface area contributed by atoms with Gasteiger partial charge in [0.05, 0.1) is 11.1 Å². The number of ether oxygens (including phenoxy) is 1. The van der Waals surface area contributed by atoms with Gasteiger partial charge in [0.25, 0.3) is 0 Å². The van der Waals surface area contributed by atoms with Gasteiger partial charge in [0.15, 0.2) is 0 Å². The van der Waals surface area contributed by atoms with E-state index in [1.54, 1.807) is 0 Å². The number of rotatable bonds is 4. The molecule has 0 radical (unpaired) electrons. The van der Waals surface area contributed by atoms with Gasteiger partial charge in [0.2, 0.25) is 0 Å². The lowest BCUT2D eigenvalue weighted by Gasteiger charge is -2.14. The molecule has 20 heavy (non-hydrogen) atoms. The van der Waals surface area contributed by atoms with E-state index in [1.807, 2.05) is 0 Å². The lowest BCUT2D eigenvalue weighted by atomic mass is 10.1. The summed E-state index contributed by atoms with van der Waals surface area (Å²) in [5, 5.41) is 9.85. The predicted octanol–water partition coefficient (Wildman–Crippen LogP) is 4.25. The Morgan fingerprint density at radius 3 is 2.45 bits per heavy atom. The average molecular weight is 299 g/mol. The van der Waals surface area contributed by atoms with E-state index in [9.17, 15) is 13.9 Å². The maximum Gasteiger partial charge on any atom is 0.125 e. The van der Waals surface area contributed by atoms with Crippen molar-refractivity contribution in [1.82, 2.24) is 0 Å². The molecule has 0 bridgehead atoms. The quantitative estimate of drug-likeness (QED) is 0.914. The summed E-state index contributed by atoms with van der Waals surface area (Å²) >= 11 is 5.89. The number of hydrogen-bond donors (Lipinski definition) is 1. The van der Waals surface area contributed by atoms with Gasteiger partial charge in [0, 0.05) is 11.1 Å². The predicted molar refractivity (Wildman–Crippen MR) is 72.8 cm³/mol. The van der Waals surface area contributed by atoms with Crippen molar-refractivity contribution < 1.29 is 18.6 Å². The molecule has 2 nitrogen and oxygen atoms in total. The fourth-order valence-electron chi connectivity index (χ4n) is 1.77. The number of benzene rings is 2. The number of aliphatic hydroxyl groups is 1. The van der Waals surface area contributed by atoms with Gasteiger partial charge in [-0.25, -0.2) is 8.78 Å². The molecule has 1 N–H and O–H groups in total. The van der Waals surface area contributed by atoms with Crippen molar-refractivity contribution in [3.05, 3.63) is 64.2 Å². The molecule has 0 saturated heterocycles. The van der Waals surface area contributed by atoms with Gasteiger partial charge in [-0.2, -0.15) is 0 Å². The highest BCUT2D eigenvalue weighted by molar-refractivity contribution is 6.31. The maximum absolute atomic E-state index is 13.1. The molecule has 106 valence electrons. The van der Waals surface area contributed by atoms with Crippen LogP contribution in [0.3, 0.4) is 0 Å². The molecule has 0 spiro atoms. The Morgan fingerprint density at radius 1 is 1.15 bits per heavy atom. The molecule has 0 amide bonds. The smallest absolute Gasteiger partial charge is 0.125 e. The van der Waals surface area contributed by atoms with Crippen LogP contribution in [-0.2, 0) is 6.61 Å². The first-order valence-corrected chi connectivity index (χ1v) is 6.39. The number of aliphatic hydroxyl groups excluding tert-OH is 1. The SMILES string of the molecule is C[C@H](O)c1cc(F)ccc1OCc1ccc(F)cc1Cl. The largest absolute Gasteiger partial charge is 0.488 e. The second-order valence-electron chi connectivity index (χ2n) is 4.38. The highest BCUT2D eigenvalue weighted by atomic mass is 35.5. The van der Waals surface area contributed by atoms with Gasteiger partial charge < -0.3 is 9.84 Å².